The lowest BCUT2D eigenvalue weighted by Crippen LogP contribution is -2.05. The van der Waals surface area contributed by atoms with Crippen molar-refractivity contribution in [3.05, 3.63) is 84.2 Å². The number of hydrogen-bond donors (Lipinski definition) is 2. The van der Waals surface area contributed by atoms with Crippen LogP contribution >= 0.6 is 0 Å². The average Bonchev–Trinajstić information content (AvgIpc) is 3.10. The fraction of sp³-hybridized carbons (Fsp3) is 0.0435. The lowest BCUT2D eigenvalue weighted by molar-refractivity contribution is -0.113. The summed E-state index contributed by atoms with van der Waals surface area (Å²) in [5.41, 5.74) is 12.6. The molecule has 2 aromatic carbocycles. The van der Waals surface area contributed by atoms with Gasteiger partial charge in [0.1, 0.15) is 5.65 Å². The first-order valence-corrected chi connectivity index (χ1v) is 8.73. The molecule has 0 aliphatic carbocycles. The molecule has 3 N–H and O–H groups in total. The Hall–Kier alpha value is -3.66. The molecule has 0 saturated heterocycles. The molecule has 0 spiro atoms. The molecule has 0 atom stereocenters. The van der Waals surface area contributed by atoms with Crippen LogP contribution < -0.4 is 5.73 Å². The number of pyridine rings is 1. The number of carbonyl (C=O) groups excluding carboxylic acids is 1. The molecule has 2 heterocycles. The van der Waals surface area contributed by atoms with Crippen molar-refractivity contribution in [2.75, 3.05) is 0 Å². The molecule has 132 valence electrons. The standard InChI is InChI=1S/C23H19N3O/c1-15-5-2-3-8-19(15)21-14-26-23-20(21)12-18(13-25-23)17-7-4-6-16(11-17)9-10-22(24)27/h2-14H,1H3,(H2,24,27)(H,25,26). The summed E-state index contributed by atoms with van der Waals surface area (Å²) in [6.07, 6.45) is 6.95. The fourth-order valence-corrected chi connectivity index (χ4v) is 3.26. The zero-order valence-electron chi connectivity index (χ0n) is 14.9. The van der Waals surface area contributed by atoms with E-state index in [9.17, 15) is 4.79 Å². The van der Waals surface area contributed by atoms with E-state index in [1.165, 1.54) is 17.2 Å². The topological polar surface area (TPSA) is 71.8 Å². The Morgan fingerprint density at radius 2 is 1.89 bits per heavy atom. The van der Waals surface area contributed by atoms with Crippen LogP contribution in [0.2, 0.25) is 0 Å². The highest BCUT2D eigenvalue weighted by Gasteiger charge is 2.10. The lowest BCUT2D eigenvalue weighted by Gasteiger charge is -2.06. The summed E-state index contributed by atoms with van der Waals surface area (Å²) in [4.78, 5) is 18.8. The SMILES string of the molecule is Cc1ccccc1-c1c[nH]c2ncc(-c3cccc(C=CC(N)=O)c3)cc12. The van der Waals surface area contributed by atoms with Gasteiger partial charge in [0.2, 0.25) is 5.91 Å². The predicted octanol–water partition coefficient (Wildman–Crippen LogP) is 4.70. The second-order valence-electron chi connectivity index (χ2n) is 6.50. The third kappa shape index (κ3) is 3.37. The number of amides is 1. The largest absolute Gasteiger partial charge is 0.366 e. The summed E-state index contributed by atoms with van der Waals surface area (Å²) in [7, 11) is 0. The van der Waals surface area contributed by atoms with Gasteiger partial charge in [0, 0.05) is 35.0 Å². The molecule has 0 bridgehead atoms. The second-order valence-corrected chi connectivity index (χ2v) is 6.50. The number of rotatable bonds is 4. The number of primary amides is 1. The van der Waals surface area contributed by atoms with Crippen LogP contribution in [0.3, 0.4) is 0 Å². The highest BCUT2D eigenvalue weighted by atomic mass is 16.1. The number of aromatic nitrogens is 2. The number of aryl methyl sites for hydroxylation is 1. The van der Waals surface area contributed by atoms with E-state index < -0.39 is 5.91 Å². The van der Waals surface area contributed by atoms with E-state index in [1.54, 1.807) is 6.08 Å². The molecule has 0 saturated carbocycles. The van der Waals surface area contributed by atoms with E-state index in [1.807, 2.05) is 48.8 Å². The minimum Gasteiger partial charge on any atom is -0.366 e. The molecule has 4 aromatic rings. The van der Waals surface area contributed by atoms with Crippen molar-refractivity contribution in [2.24, 2.45) is 5.73 Å². The lowest BCUT2D eigenvalue weighted by atomic mass is 9.98. The van der Waals surface area contributed by atoms with Crippen LogP contribution in [0, 0.1) is 6.92 Å². The van der Waals surface area contributed by atoms with Crippen LogP contribution in [0.4, 0.5) is 0 Å². The first-order chi connectivity index (χ1) is 13.1. The molecule has 0 aliphatic heterocycles. The van der Waals surface area contributed by atoms with Crippen LogP contribution in [-0.2, 0) is 4.79 Å². The van der Waals surface area contributed by atoms with Crippen LogP contribution in [0.25, 0.3) is 39.4 Å². The third-order valence-electron chi connectivity index (χ3n) is 4.63. The Morgan fingerprint density at radius 3 is 2.70 bits per heavy atom. The Labute approximate surface area is 157 Å². The fourth-order valence-electron chi connectivity index (χ4n) is 3.26. The smallest absolute Gasteiger partial charge is 0.241 e. The molecule has 1 amide bonds. The second kappa shape index (κ2) is 6.92. The number of benzene rings is 2. The van der Waals surface area contributed by atoms with E-state index in [4.69, 9.17) is 5.73 Å². The van der Waals surface area contributed by atoms with Crippen LogP contribution in [0.15, 0.2) is 73.1 Å². The van der Waals surface area contributed by atoms with Crippen molar-refractivity contribution in [2.45, 2.75) is 6.92 Å². The van der Waals surface area contributed by atoms with E-state index in [2.05, 4.69) is 35.1 Å². The van der Waals surface area contributed by atoms with Gasteiger partial charge in [-0.25, -0.2) is 4.98 Å². The van der Waals surface area contributed by atoms with Gasteiger partial charge in [0.15, 0.2) is 0 Å². The van der Waals surface area contributed by atoms with E-state index >= 15 is 0 Å². The van der Waals surface area contributed by atoms with Crippen molar-refractivity contribution in [3.8, 4) is 22.3 Å². The highest BCUT2D eigenvalue weighted by Crippen LogP contribution is 2.32. The first kappa shape index (κ1) is 16.8. The zero-order valence-corrected chi connectivity index (χ0v) is 14.9. The van der Waals surface area contributed by atoms with Crippen LogP contribution in [-0.4, -0.2) is 15.9 Å². The molecular weight excluding hydrogens is 334 g/mol. The van der Waals surface area contributed by atoms with Gasteiger partial charge >= 0.3 is 0 Å². The molecule has 4 rings (SSSR count). The Morgan fingerprint density at radius 1 is 1.04 bits per heavy atom. The van der Waals surface area contributed by atoms with Gasteiger partial charge in [-0.1, -0.05) is 42.5 Å². The normalized spacial score (nSPS) is 11.3. The van der Waals surface area contributed by atoms with Crippen molar-refractivity contribution in [1.82, 2.24) is 9.97 Å². The Kier molecular flexibility index (Phi) is 4.30. The molecule has 0 radical (unpaired) electrons. The summed E-state index contributed by atoms with van der Waals surface area (Å²) in [6.45, 7) is 2.11. The molecule has 2 aromatic heterocycles. The number of H-pyrrole nitrogens is 1. The van der Waals surface area contributed by atoms with Crippen LogP contribution in [0.1, 0.15) is 11.1 Å². The number of fused-ring (bicyclic) bond motifs is 1. The molecule has 0 fully saturated rings. The molecule has 4 nitrogen and oxygen atoms in total. The monoisotopic (exact) mass is 353 g/mol. The van der Waals surface area contributed by atoms with Crippen molar-refractivity contribution in [1.29, 1.82) is 0 Å². The summed E-state index contributed by atoms with van der Waals surface area (Å²) in [5.74, 6) is -0.460. The Bertz CT molecular complexity index is 1170. The van der Waals surface area contributed by atoms with Gasteiger partial charge in [-0.3, -0.25) is 4.79 Å². The van der Waals surface area contributed by atoms with E-state index in [0.29, 0.717) is 0 Å². The quantitative estimate of drug-likeness (QED) is 0.522. The number of aromatic amines is 1. The minimum absolute atomic E-state index is 0.460. The maximum atomic E-state index is 11.0. The number of nitrogens with zero attached hydrogens (tertiary/aromatic N) is 1. The summed E-state index contributed by atoms with van der Waals surface area (Å²) in [6, 6.07) is 18.4. The van der Waals surface area contributed by atoms with Crippen molar-refractivity contribution >= 4 is 23.0 Å². The van der Waals surface area contributed by atoms with Gasteiger partial charge < -0.3 is 10.7 Å². The maximum absolute atomic E-state index is 11.0. The third-order valence-corrected chi connectivity index (χ3v) is 4.63. The van der Waals surface area contributed by atoms with Gasteiger partial charge in [-0.2, -0.15) is 0 Å². The first-order valence-electron chi connectivity index (χ1n) is 8.73. The molecule has 27 heavy (non-hydrogen) atoms. The minimum atomic E-state index is -0.460. The number of hydrogen-bond acceptors (Lipinski definition) is 2. The van der Waals surface area contributed by atoms with Gasteiger partial charge in [-0.15, -0.1) is 0 Å². The average molecular weight is 353 g/mol. The Balaban J connectivity index is 1.80. The molecule has 0 aliphatic rings. The van der Waals surface area contributed by atoms with Crippen molar-refractivity contribution in [3.63, 3.8) is 0 Å². The van der Waals surface area contributed by atoms with Gasteiger partial charge in [0.25, 0.3) is 0 Å². The zero-order chi connectivity index (χ0) is 18.8. The molecule has 4 heteroatoms. The number of nitrogens with two attached hydrogens (primary N) is 1. The van der Waals surface area contributed by atoms with E-state index in [0.717, 1.165) is 33.3 Å². The highest BCUT2D eigenvalue weighted by molar-refractivity contribution is 5.96. The maximum Gasteiger partial charge on any atom is 0.241 e. The number of carbonyl (C=O) groups is 1. The predicted molar refractivity (Wildman–Crippen MR) is 110 cm³/mol. The summed E-state index contributed by atoms with van der Waals surface area (Å²) in [5, 5.41) is 1.08. The van der Waals surface area contributed by atoms with Crippen LogP contribution in [0.5, 0.6) is 0 Å². The van der Waals surface area contributed by atoms with Gasteiger partial charge in [0.05, 0.1) is 0 Å². The number of nitrogens with one attached hydrogen (secondary N) is 1. The van der Waals surface area contributed by atoms with Crippen molar-refractivity contribution < 1.29 is 4.79 Å². The summed E-state index contributed by atoms with van der Waals surface area (Å²) < 4.78 is 0. The molecular formula is C23H19N3O. The molecule has 0 unspecified atom stereocenters. The van der Waals surface area contributed by atoms with E-state index in [-0.39, 0.29) is 0 Å². The van der Waals surface area contributed by atoms with Gasteiger partial charge in [-0.05, 0) is 47.4 Å². The summed E-state index contributed by atoms with van der Waals surface area (Å²) >= 11 is 0.